The molecule has 2 unspecified atom stereocenters. The summed E-state index contributed by atoms with van der Waals surface area (Å²) in [6.07, 6.45) is -0.427. The molecule has 2 aromatic rings. The van der Waals surface area contributed by atoms with E-state index in [-0.39, 0.29) is 11.7 Å². The molecule has 0 aromatic heterocycles. The lowest BCUT2D eigenvalue weighted by atomic mass is 10.00. The summed E-state index contributed by atoms with van der Waals surface area (Å²) in [7, 11) is 0. The smallest absolute Gasteiger partial charge is 0.122 e. The van der Waals surface area contributed by atoms with Crippen LogP contribution in [0.5, 0.6) is 0 Å². The van der Waals surface area contributed by atoms with Gasteiger partial charge in [0.2, 0.25) is 0 Å². The van der Waals surface area contributed by atoms with E-state index in [4.69, 9.17) is 14.2 Å². The van der Waals surface area contributed by atoms with Gasteiger partial charge in [0.1, 0.15) is 30.5 Å². The fraction of sp³-hybridized carbons (Fsp3) is 0.435. The molecule has 0 bridgehead atoms. The minimum absolute atomic E-state index is 0.127. The average molecular weight is 381 g/mol. The third kappa shape index (κ3) is 4.33. The van der Waals surface area contributed by atoms with Gasteiger partial charge in [0, 0.05) is 6.21 Å². The van der Waals surface area contributed by atoms with Crippen LogP contribution in [0.3, 0.4) is 0 Å². The summed E-state index contributed by atoms with van der Waals surface area (Å²) in [5.74, 6) is 0. The first-order valence-electron chi connectivity index (χ1n) is 9.75. The van der Waals surface area contributed by atoms with Crippen molar-refractivity contribution in [1.29, 1.82) is 0 Å². The zero-order valence-electron chi connectivity index (χ0n) is 16.3. The zero-order valence-corrected chi connectivity index (χ0v) is 16.3. The molecule has 28 heavy (non-hydrogen) atoms. The maximum absolute atomic E-state index is 10.9. The van der Waals surface area contributed by atoms with Crippen LogP contribution in [0.15, 0.2) is 65.7 Å². The van der Waals surface area contributed by atoms with Gasteiger partial charge in [0.25, 0.3) is 0 Å². The van der Waals surface area contributed by atoms with Crippen molar-refractivity contribution in [3.63, 3.8) is 0 Å². The Morgan fingerprint density at radius 2 is 1.64 bits per heavy atom. The van der Waals surface area contributed by atoms with Crippen molar-refractivity contribution in [3.8, 4) is 0 Å². The summed E-state index contributed by atoms with van der Waals surface area (Å²) in [6.45, 7) is 4.99. The van der Waals surface area contributed by atoms with Crippen molar-refractivity contribution in [2.45, 2.75) is 63.1 Å². The summed E-state index contributed by atoms with van der Waals surface area (Å²) in [5.41, 5.74) is 1.91. The molecule has 2 fully saturated rings. The van der Waals surface area contributed by atoms with Gasteiger partial charge in [-0.15, -0.1) is 0 Å². The Labute approximate surface area is 166 Å². The van der Waals surface area contributed by atoms with Crippen LogP contribution in [0.1, 0.15) is 25.0 Å². The Kier molecular flexibility index (Phi) is 5.60. The topological polar surface area (TPSA) is 63.6 Å². The zero-order chi connectivity index (χ0) is 19.6. The first-order chi connectivity index (χ1) is 13.5. The summed E-state index contributed by atoms with van der Waals surface area (Å²) in [5, 5.41) is 10.9. The second-order valence-corrected chi connectivity index (χ2v) is 7.93. The highest BCUT2D eigenvalue weighted by Gasteiger charge is 2.60. The molecule has 0 saturated carbocycles. The van der Waals surface area contributed by atoms with Gasteiger partial charge in [0.05, 0.1) is 18.8 Å². The Morgan fingerprint density at radius 3 is 2.25 bits per heavy atom. The fourth-order valence-corrected chi connectivity index (χ4v) is 3.65. The number of rotatable bonds is 7. The molecule has 4 rings (SSSR count). The second kappa shape index (κ2) is 8.13. The van der Waals surface area contributed by atoms with E-state index < -0.39 is 24.4 Å². The Morgan fingerprint density at radius 1 is 1.04 bits per heavy atom. The lowest BCUT2D eigenvalue weighted by molar-refractivity contribution is -0.0332. The summed E-state index contributed by atoms with van der Waals surface area (Å²) >= 11 is 0. The van der Waals surface area contributed by atoms with E-state index in [1.807, 2.05) is 74.5 Å². The van der Waals surface area contributed by atoms with Crippen molar-refractivity contribution >= 4 is 6.21 Å². The molecular weight excluding hydrogens is 354 g/mol. The average Bonchev–Trinajstić information content (AvgIpc) is 3.22. The molecule has 2 aromatic carbocycles. The monoisotopic (exact) mass is 381 g/mol. The molecule has 5 atom stereocenters. The highest BCUT2D eigenvalue weighted by molar-refractivity contribution is 5.65. The van der Waals surface area contributed by atoms with Gasteiger partial charge >= 0.3 is 0 Å². The predicted molar refractivity (Wildman–Crippen MR) is 107 cm³/mol. The first-order valence-corrected chi connectivity index (χ1v) is 9.75. The van der Waals surface area contributed by atoms with Crippen LogP contribution < -0.4 is 0 Å². The fourth-order valence-electron chi connectivity index (χ4n) is 3.65. The highest BCUT2D eigenvalue weighted by Crippen LogP contribution is 2.43. The molecule has 0 spiro atoms. The SMILES string of the molecule is CC1(C)OC1C1O[C@@H](/C=N/Cc2ccccc2)[C@H](OCc2ccccc2)[C@H]1O. The molecule has 1 N–H and O–H groups in total. The molecule has 2 aliphatic heterocycles. The van der Waals surface area contributed by atoms with E-state index in [1.165, 1.54) is 0 Å². The molecule has 2 saturated heterocycles. The summed E-state index contributed by atoms with van der Waals surface area (Å²) < 4.78 is 17.9. The molecule has 5 heteroatoms. The molecule has 2 aliphatic rings. The van der Waals surface area contributed by atoms with Crippen molar-refractivity contribution in [1.82, 2.24) is 0 Å². The lowest BCUT2D eigenvalue weighted by Crippen LogP contribution is -2.38. The number of benzene rings is 2. The highest BCUT2D eigenvalue weighted by atomic mass is 16.7. The van der Waals surface area contributed by atoms with Crippen molar-refractivity contribution in [3.05, 3.63) is 71.8 Å². The molecular formula is C23H27NO4. The van der Waals surface area contributed by atoms with Crippen LogP contribution >= 0.6 is 0 Å². The van der Waals surface area contributed by atoms with Crippen LogP contribution in [0.2, 0.25) is 0 Å². The van der Waals surface area contributed by atoms with Gasteiger partial charge in [-0.3, -0.25) is 4.99 Å². The molecule has 5 nitrogen and oxygen atoms in total. The van der Waals surface area contributed by atoms with Crippen molar-refractivity contribution < 1.29 is 19.3 Å². The number of aliphatic imine (C=N–C) groups is 1. The van der Waals surface area contributed by atoms with Gasteiger partial charge in [-0.2, -0.15) is 0 Å². The van der Waals surface area contributed by atoms with Gasteiger partial charge < -0.3 is 19.3 Å². The molecule has 0 radical (unpaired) electrons. The van der Waals surface area contributed by atoms with Crippen LogP contribution in [-0.2, 0) is 27.4 Å². The Balaban J connectivity index is 1.44. The Bertz CT molecular complexity index is 793. The number of hydrogen-bond acceptors (Lipinski definition) is 5. The third-order valence-corrected chi connectivity index (χ3v) is 5.32. The van der Waals surface area contributed by atoms with Crippen molar-refractivity contribution in [2.24, 2.45) is 4.99 Å². The molecule has 0 amide bonds. The minimum Gasteiger partial charge on any atom is -0.387 e. The van der Waals surface area contributed by atoms with E-state index in [0.717, 1.165) is 11.1 Å². The summed E-state index contributed by atoms with van der Waals surface area (Å²) in [4.78, 5) is 4.53. The quantitative estimate of drug-likeness (QED) is 0.591. The lowest BCUT2D eigenvalue weighted by Gasteiger charge is -2.19. The number of ether oxygens (including phenoxy) is 3. The summed E-state index contributed by atoms with van der Waals surface area (Å²) in [6, 6.07) is 20.0. The standard InChI is InChI=1S/C23H27NO4/c1-23(2)22(28-23)21-19(25)20(26-15-17-11-7-4-8-12-17)18(27-21)14-24-13-16-9-5-3-6-10-16/h3-12,14,18-22,25H,13,15H2,1-2H3/b24-14+/t18-,19+,20-,21?,22?/m0/s1. The van der Waals surface area contributed by atoms with Gasteiger partial charge in [-0.1, -0.05) is 60.7 Å². The molecule has 148 valence electrons. The molecule has 0 aliphatic carbocycles. The molecule has 2 heterocycles. The van der Waals surface area contributed by atoms with Crippen LogP contribution in [0, 0.1) is 0 Å². The van der Waals surface area contributed by atoms with Gasteiger partial charge in [0.15, 0.2) is 0 Å². The number of hydrogen-bond donors (Lipinski definition) is 1. The number of aliphatic hydroxyl groups excluding tert-OH is 1. The number of nitrogens with zero attached hydrogens (tertiary/aromatic N) is 1. The van der Waals surface area contributed by atoms with E-state index in [2.05, 4.69) is 4.99 Å². The van der Waals surface area contributed by atoms with Gasteiger partial charge in [-0.05, 0) is 25.0 Å². The largest absolute Gasteiger partial charge is 0.387 e. The van der Waals surface area contributed by atoms with E-state index >= 15 is 0 Å². The number of epoxide rings is 1. The van der Waals surface area contributed by atoms with Crippen molar-refractivity contribution in [2.75, 3.05) is 0 Å². The predicted octanol–water partition coefficient (Wildman–Crippen LogP) is 3.15. The number of aliphatic hydroxyl groups is 1. The third-order valence-electron chi connectivity index (χ3n) is 5.32. The van der Waals surface area contributed by atoms with Crippen LogP contribution in [-0.4, -0.2) is 47.4 Å². The van der Waals surface area contributed by atoms with Crippen LogP contribution in [0.25, 0.3) is 0 Å². The van der Waals surface area contributed by atoms with E-state index in [1.54, 1.807) is 6.21 Å². The maximum atomic E-state index is 10.9. The normalized spacial score (nSPS) is 31.3. The van der Waals surface area contributed by atoms with E-state index in [0.29, 0.717) is 13.2 Å². The second-order valence-electron chi connectivity index (χ2n) is 7.93. The minimum atomic E-state index is -0.760. The first kappa shape index (κ1) is 19.3. The maximum Gasteiger partial charge on any atom is 0.122 e. The van der Waals surface area contributed by atoms with Gasteiger partial charge in [-0.25, -0.2) is 0 Å². The van der Waals surface area contributed by atoms with Crippen LogP contribution in [0.4, 0.5) is 0 Å². The Hall–Kier alpha value is -2.05. The van der Waals surface area contributed by atoms with E-state index in [9.17, 15) is 5.11 Å².